The van der Waals surface area contributed by atoms with Gasteiger partial charge in [0.1, 0.15) is 12.0 Å². The van der Waals surface area contributed by atoms with Crippen LogP contribution in [-0.4, -0.2) is 45.6 Å². The van der Waals surface area contributed by atoms with E-state index in [-0.39, 0.29) is 6.10 Å². The monoisotopic (exact) mass is 276 g/mol. The number of rotatable bonds is 2. The molecule has 0 spiro atoms. The molecule has 0 saturated heterocycles. The van der Waals surface area contributed by atoms with Gasteiger partial charge in [0.25, 0.3) is 0 Å². The number of aliphatic hydroxyl groups excluding tert-OH is 2. The van der Waals surface area contributed by atoms with E-state index >= 15 is 0 Å². The van der Waals surface area contributed by atoms with E-state index in [2.05, 4.69) is 15.3 Å². The summed E-state index contributed by atoms with van der Waals surface area (Å²) in [6.07, 6.45) is 8.01. The van der Waals surface area contributed by atoms with Crippen LogP contribution < -0.4 is 10.2 Å². The van der Waals surface area contributed by atoms with Gasteiger partial charge < -0.3 is 20.4 Å². The largest absolute Gasteiger partial charge is 0.393 e. The number of fused-ring (bicyclic) bond motifs is 1. The molecule has 0 amide bonds. The summed E-state index contributed by atoms with van der Waals surface area (Å²) in [7, 11) is 1.81. The van der Waals surface area contributed by atoms with Gasteiger partial charge in [-0.2, -0.15) is 4.98 Å². The van der Waals surface area contributed by atoms with E-state index in [4.69, 9.17) is 0 Å². The van der Waals surface area contributed by atoms with Gasteiger partial charge in [-0.3, -0.25) is 0 Å². The van der Waals surface area contributed by atoms with E-state index in [1.807, 2.05) is 6.08 Å². The van der Waals surface area contributed by atoms with Crippen molar-refractivity contribution >= 4 is 17.8 Å². The quantitative estimate of drug-likeness (QED) is 0.747. The lowest BCUT2D eigenvalue weighted by molar-refractivity contribution is 0.126. The molecule has 1 aliphatic heterocycles. The molecule has 1 fully saturated rings. The van der Waals surface area contributed by atoms with Crippen LogP contribution in [0.3, 0.4) is 0 Å². The van der Waals surface area contributed by atoms with Crippen molar-refractivity contribution < 1.29 is 10.2 Å². The summed E-state index contributed by atoms with van der Waals surface area (Å²) in [5, 5.41) is 22.6. The minimum absolute atomic E-state index is 0.163. The van der Waals surface area contributed by atoms with Crippen molar-refractivity contribution in [2.24, 2.45) is 0 Å². The van der Waals surface area contributed by atoms with Crippen LogP contribution in [0.4, 0.5) is 11.8 Å². The Morgan fingerprint density at radius 1 is 1.25 bits per heavy atom. The van der Waals surface area contributed by atoms with Crippen LogP contribution in [0.15, 0.2) is 12.3 Å². The van der Waals surface area contributed by atoms with E-state index < -0.39 is 6.23 Å². The van der Waals surface area contributed by atoms with Crippen molar-refractivity contribution in [3.63, 3.8) is 0 Å². The molecule has 1 atom stereocenters. The Balaban J connectivity index is 1.74. The van der Waals surface area contributed by atoms with Crippen molar-refractivity contribution in [1.29, 1.82) is 0 Å². The summed E-state index contributed by atoms with van der Waals surface area (Å²) < 4.78 is 0. The minimum Gasteiger partial charge on any atom is -0.393 e. The van der Waals surface area contributed by atoms with Crippen molar-refractivity contribution in [3.05, 3.63) is 17.8 Å². The summed E-state index contributed by atoms with van der Waals surface area (Å²) >= 11 is 0. The summed E-state index contributed by atoms with van der Waals surface area (Å²) in [5.41, 5.74) is 0.905. The average Bonchev–Trinajstić information content (AvgIpc) is 2.46. The highest BCUT2D eigenvalue weighted by molar-refractivity contribution is 5.68. The van der Waals surface area contributed by atoms with E-state index in [0.29, 0.717) is 12.0 Å². The number of hydrogen-bond acceptors (Lipinski definition) is 6. The molecular formula is C14H20N4O2. The first-order chi connectivity index (χ1) is 9.63. The molecule has 6 heteroatoms. The number of nitrogens with zero attached hydrogens (tertiary/aromatic N) is 3. The lowest BCUT2D eigenvalue weighted by atomic mass is 9.93. The molecule has 2 heterocycles. The van der Waals surface area contributed by atoms with Gasteiger partial charge >= 0.3 is 0 Å². The van der Waals surface area contributed by atoms with E-state index in [9.17, 15) is 10.2 Å². The predicted molar refractivity (Wildman–Crippen MR) is 77.4 cm³/mol. The molecule has 20 heavy (non-hydrogen) atoms. The summed E-state index contributed by atoms with van der Waals surface area (Å²) in [4.78, 5) is 10.5. The smallest absolute Gasteiger partial charge is 0.224 e. The molecule has 1 aromatic rings. The highest BCUT2D eigenvalue weighted by atomic mass is 16.3. The molecule has 0 aromatic carbocycles. The van der Waals surface area contributed by atoms with Gasteiger partial charge in [-0.05, 0) is 37.8 Å². The molecular weight excluding hydrogens is 256 g/mol. The molecule has 1 saturated carbocycles. The van der Waals surface area contributed by atoms with Gasteiger partial charge in [-0.1, -0.05) is 0 Å². The van der Waals surface area contributed by atoms with E-state index in [1.54, 1.807) is 24.2 Å². The molecule has 0 bridgehead atoms. The lowest BCUT2D eigenvalue weighted by Gasteiger charge is -2.29. The van der Waals surface area contributed by atoms with Gasteiger partial charge in [0.15, 0.2) is 0 Å². The zero-order chi connectivity index (χ0) is 14.1. The van der Waals surface area contributed by atoms with Crippen molar-refractivity contribution in [1.82, 2.24) is 9.97 Å². The van der Waals surface area contributed by atoms with Crippen molar-refractivity contribution in [2.75, 3.05) is 17.3 Å². The fourth-order valence-electron chi connectivity index (χ4n) is 2.70. The van der Waals surface area contributed by atoms with Gasteiger partial charge in [0.05, 0.1) is 6.10 Å². The first kappa shape index (κ1) is 13.3. The summed E-state index contributed by atoms with van der Waals surface area (Å²) in [5.74, 6) is 1.31. The van der Waals surface area contributed by atoms with Crippen LogP contribution in [0.5, 0.6) is 0 Å². The summed E-state index contributed by atoms with van der Waals surface area (Å²) in [6.45, 7) is 0. The van der Waals surface area contributed by atoms with Crippen molar-refractivity contribution in [3.8, 4) is 0 Å². The Bertz CT molecular complexity index is 512. The Hall–Kier alpha value is -1.66. The SMILES string of the molecule is CN1c2nc(NC3CCC(O)CC3)ncc2C=CC1O. The van der Waals surface area contributed by atoms with E-state index in [1.165, 1.54) is 0 Å². The maximum Gasteiger partial charge on any atom is 0.224 e. The molecule has 0 radical (unpaired) electrons. The maximum atomic E-state index is 9.80. The van der Waals surface area contributed by atoms with Crippen LogP contribution in [0, 0.1) is 0 Å². The summed E-state index contributed by atoms with van der Waals surface area (Å²) in [6, 6.07) is 0.311. The normalized spacial score (nSPS) is 29.1. The number of aliphatic hydroxyl groups is 2. The van der Waals surface area contributed by atoms with Gasteiger partial charge in [-0.25, -0.2) is 4.98 Å². The molecule has 108 valence electrons. The zero-order valence-electron chi connectivity index (χ0n) is 11.5. The molecule has 3 N–H and O–H groups in total. The number of anilines is 2. The fraction of sp³-hybridized carbons (Fsp3) is 0.571. The van der Waals surface area contributed by atoms with E-state index in [0.717, 1.165) is 37.1 Å². The van der Waals surface area contributed by atoms with Gasteiger partial charge in [0, 0.05) is 24.8 Å². The molecule has 1 unspecified atom stereocenters. The van der Waals surface area contributed by atoms with Crippen molar-refractivity contribution in [2.45, 2.75) is 44.1 Å². The standard InChI is InChI=1S/C14H20N4O2/c1-18-12(20)7-2-9-8-15-14(17-13(9)18)16-10-3-5-11(19)6-4-10/h2,7-8,10-12,19-20H,3-6H2,1H3,(H,15,16,17). The highest BCUT2D eigenvalue weighted by Crippen LogP contribution is 2.26. The molecule has 6 nitrogen and oxygen atoms in total. The molecule has 1 aliphatic carbocycles. The van der Waals surface area contributed by atoms with Crippen LogP contribution >= 0.6 is 0 Å². The number of nitrogens with one attached hydrogen (secondary N) is 1. The lowest BCUT2D eigenvalue weighted by Crippen LogP contribution is -2.33. The second kappa shape index (κ2) is 5.38. The third-order valence-electron chi connectivity index (χ3n) is 4.00. The van der Waals surface area contributed by atoms with Crippen LogP contribution in [-0.2, 0) is 0 Å². The zero-order valence-corrected chi connectivity index (χ0v) is 11.5. The highest BCUT2D eigenvalue weighted by Gasteiger charge is 2.22. The minimum atomic E-state index is -0.643. The third kappa shape index (κ3) is 2.62. The Labute approximate surface area is 118 Å². The first-order valence-electron chi connectivity index (χ1n) is 7.04. The molecule has 2 aliphatic rings. The predicted octanol–water partition coefficient (Wildman–Crippen LogP) is 0.973. The van der Waals surface area contributed by atoms with Gasteiger partial charge in [0.2, 0.25) is 5.95 Å². The third-order valence-corrected chi connectivity index (χ3v) is 4.00. The Morgan fingerprint density at radius 3 is 2.75 bits per heavy atom. The topological polar surface area (TPSA) is 81.5 Å². The average molecular weight is 276 g/mol. The maximum absolute atomic E-state index is 9.80. The fourth-order valence-corrected chi connectivity index (χ4v) is 2.70. The number of aromatic nitrogens is 2. The van der Waals surface area contributed by atoms with Crippen LogP contribution in [0.2, 0.25) is 0 Å². The first-order valence-corrected chi connectivity index (χ1v) is 7.04. The molecule has 1 aromatic heterocycles. The second-order valence-corrected chi connectivity index (χ2v) is 5.51. The second-order valence-electron chi connectivity index (χ2n) is 5.51. The Kier molecular flexibility index (Phi) is 3.58. The van der Waals surface area contributed by atoms with Crippen LogP contribution in [0.1, 0.15) is 31.2 Å². The molecule has 3 rings (SSSR count). The van der Waals surface area contributed by atoms with Crippen LogP contribution in [0.25, 0.3) is 6.08 Å². The Morgan fingerprint density at radius 2 is 2.00 bits per heavy atom. The number of hydrogen-bond donors (Lipinski definition) is 3. The number of likely N-dealkylation sites (N-methyl/N-ethyl adjacent to an activating group) is 1. The van der Waals surface area contributed by atoms with Gasteiger partial charge in [-0.15, -0.1) is 0 Å².